The maximum atomic E-state index is 12.1. The van der Waals surface area contributed by atoms with Gasteiger partial charge in [-0.15, -0.1) is 0 Å². The van der Waals surface area contributed by atoms with Crippen molar-refractivity contribution in [2.75, 3.05) is 10.6 Å². The number of carbonyl (C=O) groups is 2. The molecule has 0 radical (unpaired) electrons. The third-order valence-corrected chi connectivity index (χ3v) is 3.93. The van der Waals surface area contributed by atoms with E-state index in [4.69, 9.17) is 0 Å². The van der Waals surface area contributed by atoms with Crippen LogP contribution in [0.4, 0.5) is 11.4 Å². The molecule has 0 heterocycles. The number of amides is 2. The Morgan fingerprint density at radius 2 is 1.09 bits per heavy atom. The van der Waals surface area contributed by atoms with Gasteiger partial charge in [0.2, 0.25) is 11.8 Å². The average molecular weight is 361 g/mol. The molecule has 0 bridgehead atoms. The smallest absolute Gasteiger partial charge is 0.247 e. The van der Waals surface area contributed by atoms with Crippen LogP contribution < -0.4 is 10.6 Å². The molecule has 4 nitrogen and oxygen atoms in total. The summed E-state index contributed by atoms with van der Waals surface area (Å²) in [6.45, 7) is 3.93. The molecule has 2 N–H and O–H groups in total. The Morgan fingerprint density at radius 3 is 1.41 bits per heavy atom. The average Bonchev–Trinajstić information content (AvgIpc) is 2.51. The summed E-state index contributed by atoms with van der Waals surface area (Å²) in [5.41, 5.74) is 3.52. The second kappa shape index (κ2) is 7.22. The summed E-state index contributed by atoms with van der Waals surface area (Å²) >= 11 is 3.13. The Labute approximate surface area is 138 Å². The van der Waals surface area contributed by atoms with E-state index in [9.17, 15) is 9.59 Å². The van der Waals surface area contributed by atoms with Gasteiger partial charge >= 0.3 is 0 Å². The number of benzene rings is 2. The van der Waals surface area contributed by atoms with Crippen LogP contribution in [0.15, 0.2) is 48.5 Å². The number of hydrogen-bond acceptors (Lipinski definition) is 2. The van der Waals surface area contributed by atoms with E-state index in [-0.39, 0.29) is 0 Å². The lowest BCUT2D eigenvalue weighted by Crippen LogP contribution is -2.34. The van der Waals surface area contributed by atoms with Gasteiger partial charge in [-0.25, -0.2) is 0 Å². The number of carbonyl (C=O) groups excluding carboxylic acids is 2. The second-order valence-electron chi connectivity index (χ2n) is 5.07. The van der Waals surface area contributed by atoms with Gasteiger partial charge in [-0.05, 0) is 38.1 Å². The molecule has 2 aromatic carbocycles. The molecule has 0 unspecified atom stereocenters. The molecule has 0 spiro atoms. The van der Waals surface area contributed by atoms with Crippen LogP contribution in [-0.4, -0.2) is 16.6 Å². The highest BCUT2D eigenvalue weighted by atomic mass is 79.9. The molecule has 0 saturated heterocycles. The van der Waals surface area contributed by atoms with E-state index < -0.39 is 16.6 Å². The Hall–Kier alpha value is -2.14. The summed E-state index contributed by atoms with van der Waals surface area (Å²) in [5.74, 6) is -0.818. The van der Waals surface area contributed by atoms with Gasteiger partial charge < -0.3 is 10.6 Å². The van der Waals surface area contributed by atoms with Gasteiger partial charge in [-0.2, -0.15) is 0 Å². The van der Waals surface area contributed by atoms with Crippen LogP contribution in [0.5, 0.6) is 0 Å². The molecule has 2 rings (SSSR count). The van der Waals surface area contributed by atoms with E-state index in [2.05, 4.69) is 26.6 Å². The topological polar surface area (TPSA) is 58.2 Å². The van der Waals surface area contributed by atoms with E-state index in [1.165, 1.54) is 0 Å². The number of alkyl halides is 1. The zero-order chi connectivity index (χ0) is 16.1. The quantitative estimate of drug-likeness (QED) is 0.645. The van der Waals surface area contributed by atoms with Crippen molar-refractivity contribution in [2.24, 2.45) is 0 Å². The van der Waals surface area contributed by atoms with Crippen molar-refractivity contribution in [3.8, 4) is 0 Å². The zero-order valence-corrected chi connectivity index (χ0v) is 14.0. The number of anilines is 2. The minimum absolute atomic E-state index is 0.409. The van der Waals surface area contributed by atoms with Crippen LogP contribution in [0.2, 0.25) is 0 Å². The first-order valence-corrected chi connectivity index (χ1v) is 7.76. The lowest BCUT2D eigenvalue weighted by Gasteiger charge is -2.12. The highest BCUT2D eigenvalue weighted by Gasteiger charge is 2.23. The largest absolute Gasteiger partial charge is 0.325 e. The molecule has 5 heteroatoms. The summed E-state index contributed by atoms with van der Waals surface area (Å²) < 4.78 is 0. The van der Waals surface area contributed by atoms with Crippen LogP contribution in [0.3, 0.4) is 0 Å². The fraction of sp³-hybridized carbons (Fsp3) is 0.176. The molecule has 0 fully saturated rings. The van der Waals surface area contributed by atoms with Crippen LogP contribution in [0.1, 0.15) is 11.1 Å². The minimum atomic E-state index is -0.963. The lowest BCUT2D eigenvalue weighted by atomic mass is 10.2. The van der Waals surface area contributed by atoms with Crippen molar-refractivity contribution in [3.63, 3.8) is 0 Å². The van der Waals surface area contributed by atoms with Gasteiger partial charge in [0.15, 0.2) is 4.83 Å². The van der Waals surface area contributed by atoms with Crippen molar-refractivity contribution in [1.29, 1.82) is 0 Å². The van der Waals surface area contributed by atoms with Gasteiger partial charge in [0, 0.05) is 11.4 Å². The first kappa shape index (κ1) is 16.2. The molecule has 0 aliphatic carbocycles. The maximum Gasteiger partial charge on any atom is 0.247 e. The van der Waals surface area contributed by atoms with Crippen LogP contribution in [-0.2, 0) is 9.59 Å². The molecule has 0 saturated carbocycles. The molecule has 114 valence electrons. The molecule has 0 aliphatic rings. The standard InChI is InChI=1S/C17H17BrN2O2/c1-11-3-7-13(8-4-11)19-16(21)15(18)17(22)20-14-9-5-12(2)6-10-14/h3-10,15H,1-2H3,(H,19,21)(H,20,22). The molecular weight excluding hydrogens is 344 g/mol. The highest BCUT2D eigenvalue weighted by Crippen LogP contribution is 2.14. The van der Waals surface area contributed by atoms with Crippen molar-refractivity contribution in [2.45, 2.75) is 18.7 Å². The summed E-state index contributed by atoms with van der Waals surface area (Å²) in [5, 5.41) is 5.40. The maximum absolute atomic E-state index is 12.1. The molecule has 2 amide bonds. The molecule has 0 aliphatic heterocycles. The van der Waals surface area contributed by atoms with E-state index in [1.54, 1.807) is 24.3 Å². The molecule has 2 aromatic rings. The first-order chi connectivity index (χ1) is 10.5. The number of aryl methyl sites for hydroxylation is 2. The summed E-state index contributed by atoms with van der Waals surface area (Å²) in [6, 6.07) is 14.8. The van der Waals surface area contributed by atoms with Crippen molar-refractivity contribution >= 4 is 39.1 Å². The number of nitrogens with one attached hydrogen (secondary N) is 2. The normalized spacial score (nSPS) is 10.4. The van der Waals surface area contributed by atoms with Crippen LogP contribution in [0.25, 0.3) is 0 Å². The monoisotopic (exact) mass is 360 g/mol. The lowest BCUT2D eigenvalue weighted by molar-refractivity contribution is -0.122. The van der Waals surface area contributed by atoms with Gasteiger partial charge in [0.05, 0.1) is 0 Å². The Kier molecular flexibility index (Phi) is 5.33. The van der Waals surface area contributed by atoms with E-state index in [0.29, 0.717) is 11.4 Å². The van der Waals surface area contributed by atoms with E-state index in [1.807, 2.05) is 38.1 Å². The third kappa shape index (κ3) is 4.43. The predicted molar refractivity (Wildman–Crippen MR) is 92.3 cm³/mol. The van der Waals surface area contributed by atoms with Gasteiger partial charge in [0.25, 0.3) is 0 Å². The fourth-order valence-corrected chi connectivity index (χ4v) is 2.03. The van der Waals surface area contributed by atoms with Crippen molar-refractivity contribution in [1.82, 2.24) is 0 Å². The molecule has 0 atom stereocenters. The molecule has 0 aromatic heterocycles. The minimum Gasteiger partial charge on any atom is -0.325 e. The number of rotatable bonds is 4. The third-order valence-electron chi connectivity index (χ3n) is 3.10. The Balaban J connectivity index is 1.95. The summed E-state index contributed by atoms with van der Waals surface area (Å²) in [7, 11) is 0. The van der Waals surface area contributed by atoms with Crippen molar-refractivity contribution < 1.29 is 9.59 Å². The SMILES string of the molecule is Cc1ccc(NC(=O)C(Br)C(=O)Nc2ccc(C)cc2)cc1. The van der Waals surface area contributed by atoms with E-state index in [0.717, 1.165) is 11.1 Å². The van der Waals surface area contributed by atoms with Gasteiger partial charge in [-0.3, -0.25) is 9.59 Å². The van der Waals surface area contributed by atoms with Crippen LogP contribution in [0, 0.1) is 13.8 Å². The molecule has 22 heavy (non-hydrogen) atoms. The predicted octanol–water partition coefficient (Wildman–Crippen LogP) is 3.64. The zero-order valence-electron chi connectivity index (χ0n) is 12.4. The van der Waals surface area contributed by atoms with Crippen molar-refractivity contribution in [3.05, 3.63) is 59.7 Å². The summed E-state index contributed by atoms with van der Waals surface area (Å²) in [4.78, 5) is 23.2. The Bertz CT molecular complexity index is 607. The Morgan fingerprint density at radius 1 is 0.773 bits per heavy atom. The van der Waals surface area contributed by atoms with Gasteiger partial charge in [0.1, 0.15) is 0 Å². The first-order valence-electron chi connectivity index (χ1n) is 6.85. The van der Waals surface area contributed by atoms with Crippen LogP contribution >= 0.6 is 15.9 Å². The summed E-state index contributed by atoms with van der Waals surface area (Å²) in [6.07, 6.45) is 0. The number of hydrogen-bond donors (Lipinski definition) is 2. The molecular formula is C17H17BrN2O2. The highest BCUT2D eigenvalue weighted by molar-refractivity contribution is 9.10. The number of halogens is 1. The second-order valence-corrected chi connectivity index (χ2v) is 5.99. The fourth-order valence-electron chi connectivity index (χ4n) is 1.80. The van der Waals surface area contributed by atoms with Gasteiger partial charge in [-0.1, -0.05) is 51.3 Å². The van der Waals surface area contributed by atoms with E-state index >= 15 is 0 Å².